The molecule has 0 aliphatic rings. The van der Waals surface area contributed by atoms with Crippen molar-refractivity contribution in [1.29, 1.82) is 0 Å². The summed E-state index contributed by atoms with van der Waals surface area (Å²) in [6.07, 6.45) is 0. The molecule has 0 unspecified atom stereocenters. The molecule has 3 nitrogen and oxygen atoms in total. The topological polar surface area (TPSA) is 46.2 Å². The van der Waals surface area contributed by atoms with Crippen LogP contribution in [0.4, 0.5) is 14.5 Å². The Hall–Kier alpha value is -1.37. The van der Waals surface area contributed by atoms with Crippen molar-refractivity contribution >= 4 is 38.9 Å². The predicted molar refractivity (Wildman–Crippen MR) is 78.4 cm³/mol. The first kappa shape index (κ1) is 16.0. The Kier molecular flexibility index (Phi) is 4.41. The number of hydrogen-bond acceptors (Lipinski definition) is 2. The first-order chi connectivity index (χ1) is 9.72. The van der Waals surface area contributed by atoms with E-state index in [4.69, 9.17) is 23.2 Å². The number of benzene rings is 2. The van der Waals surface area contributed by atoms with Gasteiger partial charge >= 0.3 is 0 Å². The van der Waals surface area contributed by atoms with Crippen molar-refractivity contribution in [3.63, 3.8) is 0 Å². The zero-order valence-electron chi connectivity index (χ0n) is 10.6. The highest BCUT2D eigenvalue weighted by molar-refractivity contribution is 7.92. The van der Waals surface area contributed by atoms with Gasteiger partial charge in [0.2, 0.25) is 0 Å². The normalized spacial score (nSPS) is 11.5. The third kappa shape index (κ3) is 3.28. The van der Waals surface area contributed by atoms with Crippen LogP contribution < -0.4 is 4.72 Å². The number of anilines is 1. The minimum atomic E-state index is -4.01. The second-order valence-electron chi connectivity index (χ2n) is 4.27. The van der Waals surface area contributed by atoms with E-state index in [9.17, 15) is 17.2 Å². The second-order valence-corrected chi connectivity index (χ2v) is 6.70. The lowest BCUT2D eigenvalue weighted by Crippen LogP contribution is -2.14. The number of hydrogen-bond donors (Lipinski definition) is 1. The van der Waals surface area contributed by atoms with Crippen LogP contribution >= 0.6 is 23.2 Å². The van der Waals surface area contributed by atoms with Gasteiger partial charge in [-0.3, -0.25) is 4.72 Å². The van der Waals surface area contributed by atoms with E-state index < -0.39 is 37.4 Å². The van der Waals surface area contributed by atoms with E-state index in [-0.39, 0.29) is 4.90 Å². The molecule has 2 rings (SSSR count). The summed E-state index contributed by atoms with van der Waals surface area (Å²) >= 11 is 11.0. The van der Waals surface area contributed by atoms with Crippen molar-refractivity contribution in [3.05, 3.63) is 57.6 Å². The molecule has 0 atom stereocenters. The fraction of sp³-hybridized carbons (Fsp3) is 0.0769. The number of sulfonamides is 1. The fourth-order valence-corrected chi connectivity index (χ4v) is 3.08. The molecule has 0 saturated carbocycles. The Morgan fingerprint density at radius 2 is 1.62 bits per heavy atom. The fourth-order valence-electron chi connectivity index (χ4n) is 1.57. The standard InChI is InChI=1S/C13H9Cl2F2NO2S/c1-7-2-4-8(5-3-7)21(19,20)18-10-6-9(16)11(14)13(17)12(10)15/h2-6,18H,1H3. The van der Waals surface area contributed by atoms with Crippen LogP contribution in [0, 0.1) is 18.6 Å². The smallest absolute Gasteiger partial charge is 0.261 e. The molecule has 0 aliphatic heterocycles. The van der Waals surface area contributed by atoms with E-state index in [2.05, 4.69) is 0 Å². The molecule has 0 amide bonds. The maximum atomic E-state index is 13.5. The highest BCUT2D eigenvalue weighted by Crippen LogP contribution is 2.33. The molecule has 8 heteroatoms. The highest BCUT2D eigenvalue weighted by Gasteiger charge is 2.21. The summed E-state index contributed by atoms with van der Waals surface area (Å²) in [7, 11) is -4.01. The van der Waals surface area contributed by atoms with Gasteiger partial charge < -0.3 is 0 Å². The zero-order valence-corrected chi connectivity index (χ0v) is 13.0. The van der Waals surface area contributed by atoms with Crippen LogP contribution in [0.1, 0.15) is 5.56 Å². The van der Waals surface area contributed by atoms with Crippen molar-refractivity contribution in [2.45, 2.75) is 11.8 Å². The van der Waals surface area contributed by atoms with Crippen LogP contribution in [-0.4, -0.2) is 8.42 Å². The van der Waals surface area contributed by atoms with Gasteiger partial charge in [0.1, 0.15) is 15.9 Å². The molecular weight excluding hydrogens is 343 g/mol. The number of aryl methyl sites for hydroxylation is 1. The van der Waals surface area contributed by atoms with Crippen molar-refractivity contribution in [1.82, 2.24) is 0 Å². The van der Waals surface area contributed by atoms with Crippen LogP contribution in [0.2, 0.25) is 10.0 Å². The summed E-state index contributed by atoms with van der Waals surface area (Å²) in [5, 5.41) is -1.39. The molecule has 0 aliphatic carbocycles. The summed E-state index contributed by atoms with van der Waals surface area (Å²) < 4.78 is 53.2. The van der Waals surface area contributed by atoms with Crippen LogP contribution in [-0.2, 0) is 10.0 Å². The largest absolute Gasteiger partial charge is 0.278 e. The first-order valence-electron chi connectivity index (χ1n) is 5.65. The van der Waals surface area contributed by atoms with E-state index in [0.29, 0.717) is 0 Å². The van der Waals surface area contributed by atoms with Gasteiger partial charge in [-0.1, -0.05) is 40.9 Å². The Morgan fingerprint density at radius 1 is 1.05 bits per heavy atom. The molecular formula is C13H9Cl2F2NO2S. The predicted octanol–water partition coefficient (Wildman–Crippen LogP) is 4.38. The van der Waals surface area contributed by atoms with Crippen LogP contribution in [0.15, 0.2) is 35.2 Å². The van der Waals surface area contributed by atoms with E-state index in [1.807, 2.05) is 4.72 Å². The number of nitrogens with one attached hydrogen (secondary N) is 1. The van der Waals surface area contributed by atoms with Gasteiger partial charge in [-0.05, 0) is 19.1 Å². The molecule has 0 aromatic heterocycles. The summed E-state index contributed by atoms with van der Waals surface area (Å²) in [6.45, 7) is 1.80. The van der Waals surface area contributed by atoms with E-state index in [0.717, 1.165) is 11.6 Å². The van der Waals surface area contributed by atoms with E-state index in [1.54, 1.807) is 19.1 Å². The van der Waals surface area contributed by atoms with Crippen molar-refractivity contribution < 1.29 is 17.2 Å². The second kappa shape index (κ2) is 5.79. The SMILES string of the molecule is Cc1ccc(S(=O)(=O)Nc2cc(F)c(Cl)c(F)c2Cl)cc1. The van der Waals surface area contributed by atoms with Gasteiger partial charge in [-0.2, -0.15) is 0 Å². The van der Waals surface area contributed by atoms with Crippen molar-refractivity contribution in [3.8, 4) is 0 Å². The van der Waals surface area contributed by atoms with Crippen LogP contribution in [0.25, 0.3) is 0 Å². The molecule has 112 valence electrons. The molecule has 0 fully saturated rings. The lowest BCUT2D eigenvalue weighted by molar-refractivity contribution is 0.585. The molecule has 2 aromatic carbocycles. The third-order valence-corrected chi connectivity index (χ3v) is 4.78. The minimum absolute atomic E-state index is 0.0556. The molecule has 21 heavy (non-hydrogen) atoms. The summed E-state index contributed by atoms with van der Waals surface area (Å²) in [4.78, 5) is -0.0556. The minimum Gasteiger partial charge on any atom is -0.278 e. The number of halogens is 4. The molecule has 0 bridgehead atoms. The maximum Gasteiger partial charge on any atom is 0.261 e. The lowest BCUT2D eigenvalue weighted by Gasteiger charge is -2.11. The van der Waals surface area contributed by atoms with Gasteiger partial charge in [0.15, 0.2) is 5.82 Å². The maximum absolute atomic E-state index is 13.5. The van der Waals surface area contributed by atoms with Crippen LogP contribution in [0.5, 0.6) is 0 Å². The third-order valence-electron chi connectivity index (χ3n) is 2.68. The molecule has 0 saturated heterocycles. The van der Waals surface area contributed by atoms with Crippen molar-refractivity contribution in [2.75, 3.05) is 4.72 Å². The lowest BCUT2D eigenvalue weighted by atomic mass is 10.2. The van der Waals surface area contributed by atoms with Gasteiger partial charge in [0.05, 0.1) is 10.6 Å². The average Bonchev–Trinajstić information content (AvgIpc) is 2.42. The van der Waals surface area contributed by atoms with Gasteiger partial charge in [0, 0.05) is 6.07 Å². The quantitative estimate of drug-likeness (QED) is 0.658. The Bertz CT molecular complexity index is 793. The monoisotopic (exact) mass is 351 g/mol. The molecule has 0 spiro atoms. The highest BCUT2D eigenvalue weighted by atomic mass is 35.5. The van der Waals surface area contributed by atoms with Gasteiger partial charge in [0.25, 0.3) is 10.0 Å². The Labute approximate surface area is 130 Å². The molecule has 0 heterocycles. The summed E-state index contributed by atoms with van der Waals surface area (Å²) in [5.41, 5.74) is 0.451. The summed E-state index contributed by atoms with van der Waals surface area (Å²) in [5.74, 6) is -2.33. The zero-order chi connectivity index (χ0) is 15.8. The molecule has 1 N–H and O–H groups in total. The molecule has 0 radical (unpaired) electrons. The molecule has 2 aromatic rings. The average molecular weight is 352 g/mol. The first-order valence-corrected chi connectivity index (χ1v) is 7.89. The van der Waals surface area contributed by atoms with E-state index >= 15 is 0 Å². The Balaban J connectivity index is 2.44. The van der Waals surface area contributed by atoms with Gasteiger partial charge in [-0.25, -0.2) is 17.2 Å². The van der Waals surface area contributed by atoms with Crippen LogP contribution in [0.3, 0.4) is 0 Å². The van der Waals surface area contributed by atoms with E-state index in [1.165, 1.54) is 12.1 Å². The Morgan fingerprint density at radius 3 is 2.19 bits per heavy atom. The van der Waals surface area contributed by atoms with Gasteiger partial charge in [-0.15, -0.1) is 0 Å². The van der Waals surface area contributed by atoms with Crippen molar-refractivity contribution in [2.24, 2.45) is 0 Å². The summed E-state index contributed by atoms with van der Waals surface area (Å²) in [6, 6.07) is 6.65. The number of rotatable bonds is 3.